The second-order valence-electron chi connectivity index (χ2n) is 3.33. The van der Waals surface area contributed by atoms with Crippen LogP contribution in [0.2, 0.25) is 0 Å². The van der Waals surface area contributed by atoms with E-state index in [1.807, 2.05) is 7.05 Å². The van der Waals surface area contributed by atoms with Gasteiger partial charge in [-0.3, -0.25) is 0 Å². The summed E-state index contributed by atoms with van der Waals surface area (Å²) in [5.41, 5.74) is 7.98. The summed E-state index contributed by atoms with van der Waals surface area (Å²) in [6, 6.07) is 8.27. The molecule has 0 atom stereocenters. The molecule has 0 aliphatic rings. The SMILES string of the molecule is Cc1ccc(CN(C)/C(N)=N/N)cc1. The summed E-state index contributed by atoms with van der Waals surface area (Å²) in [5.74, 6) is 5.41. The third-order valence-corrected chi connectivity index (χ3v) is 2.06. The first-order chi connectivity index (χ1) is 6.63. The van der Waals surface area contributed by atoms with Crippen molar-refractivity contribution >= 4 is 5.96 Å². The van der Waals surface area contributed by atoms with Gasteiger partial charge in [0.25, 0.3) is 0 Å². The summed E-state index contributed by atoms with van der Waals surface area (Å²) < 4.78 is 0. The molecule has 4 N–H and O–H groups in total. The molecule has 1 rings (SSSR count). The molecule has 0 heterocycles. The van der Waals surface area contributed by atoms with Crippen LogP contribution in [0.25, 0.3) is 0 Å². The van der Waals surface area contributed by atoms with Crippen LogP contribution < -0.4 is 11.6 Å². The maximum atomic E-state index is 5.55. The summed E-state index contributed by atoms with van der Waals surface area (Å²) in [7, 11) is 1.85. The van der Waals surface area contributed by atoms with Crippen LogP contribution in [-0.4, -0.2) is 17.9 Å². The summed E-state index contributed by atoms with van der Waals surface area (Å²) in [6.45, 7) is 2.77. The van der Waals surface area contributed by atoms with Gasteiger partial charge in [-0.2, -0.15) is 0 Å². The molecule has 0 saturated heterocycles. The van der Waals surface area contributed by atoms with Gasteiger partial charge in [-0.05, 0) is 12.5 Å². The Morgan fingerprint density at radius 2 is 1.93 bits per heavy atom. The molecular weight excluding hydrogens is 176 g/mol. The van der Waals surface area contributed by atoms with E-state index in [1.54, 1.807) is 4.90 Å². The van der Waals surface area contributed by atoms with Gasteiger partial charge in [-0.25, -0.2) is 0 Å². The quantitative estimate of drug-likeness (QED) is 0.312. The summed E-state index contributed by atoms with van der Waals surface area (Å²) in [5, 5.41) is 3.42. The number of aryl methyl sites for hydroxylation is 1. The lowest BCUT2D eigenvalue weighted by Gasteiger charge is -2.17. The van der Waals surface area contributed by atoms with E-state index in [1.165, 1.54) is 11.1 Å². The molecule has 76 valence electrons. The third kappa shape index (κ3) is 2.65. The highest BCUT2D eigenvalue weighted by Crippen LogP contribution is 2.05. The smallest absolute Gasteiger partial charge is 0.213 e. The van der Waals surface area contributed by atoms with Crippen LogP contribution in [0.4, 0.5) is 0 Å². The summed E-state index contributed by atoms with van der Waals surface area (Å²) >= 11 is 0. The Bertz CT molecular complexity index is 315. The number of nitrogens with zero attached hydrogens (tertiary/aromatic N) is 2. The minimum atomic E-state index is 0.338. The van der Waals surface area contributed by atoms with E-state index >= 15 is 0 Å². The van der Waals surface area contributed by atoms with Gasteiger partial charge in [0.05, 0.1) is 0 Å². The van der Waals surface area contributed by atoms with Crippen molar-refractivity contribution in [3.63, 3.8) is 0 Å². The van der Waals surface area contributed by atoms with Crippen molar-refractivity contribution in [1.29, 1.82) is 0 Å². The van der Waals surface area contributed by atoms with Gasteiger partial charge in [0.15, 0.2) is 0 Å². The average Bonchev–Trinajstić information content (AvgIpc) is 2.20. The Kier molecular flexibility index (Phi) is 3.34. The Balaban J connectivity index is 2.65. The Morgan fingerprint density at radius 3 is 2.43 bits per heavy atom. The number of benzene rings is 1. The van der Waals surface area contributed by atoms with Crippen molar-refractivity contribution in [2.75, 3.05) is 7.05 Å². The van der Waals surface area contributed by atoms with Crippen LogP contribution >= 0.6 is 0 Å². The Hall–Kier alpha value is -1.71. The van der Waals surface area contributed by atoms with Gasteiger partial charge < -0.3 is 16.5 Å². The fourth-order valence-electron chi connectivity index (χ4n) is 1.15. The van der Waals surface area contributed by atoms with Crippen LogP contribution in [0.1, 0.15) is 11.1 Å². The largest absolute Gasteiger partial charge is 0.368 e. The van der Waals surface area contributed by atoms with Gasteiger partial charge in [0.1, 0.15) is 0 Å². The van der Waals surface area contributed by atoms with Gasteiger partial charge in [-0.15, -0.1) is 5.10 Å². The monoisotopic (exact) mass is 192 g/mol. The molecule has 1 aromatic carbocycles. The van der Waals surface area contributed by atoms with Crippen molar-refractivity contribution in [1.82, 2.24) is 4.90 Å². The fourth-order valence-corrected chi connectivity index (χ4v) is 1.15. The molecule has 0 aliphatic carbocycles. The van der Waals surface area contributed by atoms with Crippen LogP contribution in [0.5, 0.6) is 0 Å². The fraction of sp³-hybridized carbons (Fsp3) is 0.300. The zero-order chi connectivity index (χ0) is 10.6. The average molecular weight is 192 g/mol. The molecule has 4 heteroatoms. The highest BCUT2D eigenvalue weighted by atomic mass is 15.3. The number of guanidine groups is 1. The lowest BCUT2D eigenvalue weighted by molar-refractivity contribution is 0.492. The lowest BCUT2D eigenvalue weighted by atomic mass is 10.1. The van der Waals surface area contributed by atoms with Crippen molar-refractivity contribution in [2.24, 2.45) is 16.7 Å². The molecule has 0 spiro atoms. The Morgan fingerprint density at radius 1 is 1.36 bits per heavy atom. The molecule has 4 nitrogen and oxygen atoms in total. The van der Waals surface area contributed by atoms with E-state index in [9.17, 15) is 0 Å². The highest BCUT2D eigenvalue weighted by molar-refractivity contribution is 5.77. The molecule has 0 unspecified atom stereocenters. The molecule has 0 amide bonds. The zero-order valence-electron chi connectivity index (χ0n) is 8.57. The summed E-state index contributed by atoms with van der Waals surface area (Å²) in [4.78, 5) is 1.80. The second-order valence-corrected chi connectivity index (χ2v) is 3.33. The minimum absolute atomic E-state index is 0.338. The van der Waals surface area contributed by atoms with E-state index in [2.05, 4.69) is 36.3 Å². The van der Waals surface area contributed by atoms with E-state index in [0.29, 0.717) is 12.5 Å². The molecule has 1 aromatic rings. The predicted octanol–water partition coefficient (Wildman–Crippen LogP) is 0.615. The van der Waals surface area contributed by atoms with Gasteiger partial charge >= 0.3 is 0 Å². The van der Waals surface area contributed by atoms with Gasteiger partial charge in [0.2, 0.25) is 5.96 Å². The van der Waals surface area contributed by atoms with Gasteiger partial charge in [0, 0.05) is 13.6 Å². The first kappa shape index (κ1) is 10.4. The molecular formula is C10H16N4. The van der Waals surface area contributed by atoms with Crippen molar-refractivity contribution in [3.8, 4) is 0 Å². The number of rotatable bonds is 2. The van der Waals surface area contributed by atoms with Crippen molar-refractivity contribution in [3.05, 3.63) is 35.4 Å². The van der Waals surface area contributed by atoms with Gasteiger partial charge in [-0.1, -0.05) is 29.8 Å². The van der Waals surface area contributed by atoms with Crippen LogP contribution in [-0.2, 0) is 6.54 Å². The highest BCUT2D eigenvalue weighted by Gasteiger charge is 2.01. The number of nitrogens with two attached hydrogens (primary N) is 2. The maximum Gasteiger partial charge on any atom is 0.213 e. The standard InChI is InChI=1S/C10H16N4/c1-8-3-5-9(6-4-8)7-14(2)10(11)13-12/h3-6H,7,12H2,1-2H3,(H2,11,13). The normalized spacial score (nSPS) is 11.4. The Labute approximate surface area is 84.2 Å². The molecule has 0 saturated carbocycles. The number of hydrogen-bond donors (Lipinski definition) is 2. The van der Waals surface area contributed by atoms with Crippen LogP contribution in [0, 0.1) is 6.92 Å². The molecule has 14 heavy (non-hydrogen) atoms. The molecule has 0 fully saturated rings. The third-order valence-electron chi connectivity index (χ3n) is 2.06. The van der Waals surface area contributed by atoms with E-state index < -0.39 is 0 Å². The topological polar surface area (TPSA) is 67.6 Å². The second kappa shape index (κ2) is 4.50. The minimum Gasteiger partial charge on any atom is -0.368 e. The number of hydrogen-bond acceptors (Lipinski definition) is 2. The zero-order valence-corrected chi connectivity index (χ0v) is 8.57. The molecule has 0 aromatic heterocycles. The van der Waals surface area contributed by atoms with Crippen molar-refractivity contribution < 1.29 is 0 Å². The van der Waals surface area contributed by atoms with E-state index in [0.717, 1.165) is 0 Å². The first-order valence-corrected chi connectivity index (χ1v) is 4.43. The molecule has 0 radical (unpaired) electrons. The first-order valence-electron chi connectivity index (χ1n) is 4.43. The van der Waals surface area contributed by atoms with Crippen LogP contribution in [0.15, 0.2) is 29.4 Å². The molecule has 0 aliphatic heterocycles. The van der Waals surface area contributed by atoms with E-state index in [4.69, 9.17) is 11.6 Å². The maximum absolute atomic E-state index is 5.55. The van der Waals surface area contributed by atoms with E-state index in [-0.39, 0.29) is 0 Å². The molecule has 0 bridgehead atoms. The van der Waals surface area contributed by atoms with Crippen molar-refractivity contribution in [2.45, 2.75) is 13.5 Å². The summed E-state index contributed by atoms with van der Waals surface area (Å²) in [6.07, 6.45) is 0. The predicted molar refractivity (Wildman–Crippen MR) is 58.5 cm³/mol. The lowest BCUT2D eigenvalue weighted by Crippen LogP contribution is -2.34. The number of hydrazone groups is 1. The van der Waals surface area contributed by atoms with Crippen LogP contribution in [0.3, 0.4) is 0 Å².